The van der Waals surface area contributed by atoms with Crippen LogP contribution in [0.4, 0.5) is 18.9 Å². The fourth-order valence-electron chi connectivity index (χ4n) is 4.67. The van der Waals surface area contributed by atoms with Gasteiger partial charge in [0.1, 0.15) is 6.04 Å². The van der Waals surface area contributed by atoms with E-state index >= 15 is 0 Å². The van der Waals surface area contributed by atoms with E-state index < -0.39 is 27.8 Å². The lowest BCUT2D eigenvalue weighted by atomic mass is 10.0. The lowest BCUT2D eigenvalue weighted by Gasteiger charge is -2.33. The summed E-state index contributed by atoms with van der Waals surface area (Å²) in [6.45, 7) is 3.72. The monoisotopic (exact) mass is 695 g/mol. The highest BCUT2D eigenvalue weighted by Crippen LogP contribution is 2.32. The molecule has 0 heterocycles. The van der Waals surface area contributed by atoms with E-state index in [4.69, 9.17) is 0 Å². The van der Waals surface area contributed by atoms with Crippen molar-refractivity contribution < 1.29 is 31.2 Å². The van der Waals surface area contributed by atoms with Crippen molar-refractivity contribution in [1.82, 2.24) is 10.2 Å². The maximum Gasteiger partial charge on any atom is 0.416 e. The van der Waals surface area contributed by atoms with Crippen LogP contribution in [0.15, 0.2) is 83.3 Å². The van der Waals surface area contributed by atoms with Gasteiger partial charge in [-0.05, 0) is 61.2 Å². The van der Waals surface area contributed by atoms with Gasteiger partial charge >= 0.3 is 6.18 Å². The molecule has 3 rings (SSSR count). The number of amides is 2. The lowest BCUT2D eigenvalue weighted by Crippen LogP contribution is -2.52. The number of carbonyl (C=O) groups is 2. The summed E-state index contributed by atoms with van der Waals surface area (Å²) < 4.78 is 66.8. The number of benzene rings is 3. The minimum atomic E-state index is -4.65. The molecule has 1 N–H and O–H groups in total. The number of alkyl halides is 3. The lowest BCUT2D eigenvalue weighted by molar-refractivity contribution is -0.141. The molecule has 0 saturated heterocycles. The van der Waals surface area contributed by atoms with Crippen molar-refractivity contribution in [3.63, 3.8) is 0 Å². The second-order valence-corrected chi connectivity index (χ2v) is 13.5. The molecule has 0 aromatic heterocycles. The van der Waals surface area contributed by atoms with Gasteiger partial charge in [0, 0.05) is 36.4 Å². The minimum absolute atomic E-state index is 0.0160. The van der Waals surface area contributed by atoms with Crippen LogP contribution in [-0.2, 0) is 38.8 Å². The molecule has 0 aliphatic carbocycles. The number of hydrogen-bond acceptors (Lipinski definition) is 4. The molecular formula is C32H37BrF3N3O4S. The van der Waals surface area contributed by atoms with Gasteiger partial charge in [-0.25, -0.2) is 8.42 Å². The van der Waals surface area contributed by atoms with Crippen molar-refractivity contribution in [1.29, 1.82) is 0 Å². The zero-order valence-corrected chi connectivity index (χ0v) is 27.3. The molecule has 0 fully saturated rings. The Morgan fingerprint density at radius 2 is 1.61 bits per heavy atom. The van der Waals surface area contributed by atoms with Gasteiger partial charge in [-0.3, -0.25) is 13.9 Å². The average Bonchev–Trinajstić information content (AvgIpc) is 2.96. The van der Waals surface area contributed by atoms with Gasteiger partial charge in [0.25, 0.3) is 0 Å². The van der Waals surface area contributed by atoms with Crippen LogP contribution >= 0.6 is 15.9 Å². The van der Waals surface area contributed by atoms with Crippen LogP contribution in [-0.4, -0.2) is 50.0 Å². The number of hydrogen-bond donors (Lipinski definition) is 1. The quantitative estimate of drug-likeness (QED) is 0.207. The van der Waals surface area contributed by atoms with Gasteiger partial charge in [-0.2, -0.15) is 13.2 Å². The molecule has 3 aromatic rings. The van der Waals surface area contributed by atoms with Crippen molar-refractivity contribution in [2.24, 2.45) is 0 Å². The topological polar surface area (TPSA) is 86.8 Å². The number of sulfonamides is 1. The van der Waals surface area contributed by atoms with E-state index in [9.17, 15) is 31.2 Å². The summed E-state index contributed by atoms with van der Waals surface area (Å²) in [5, 5.41) is 2.99. The summed E-state index contributed by atoms with van der Waals surface area (Å²) in [6.07, 6.45) is -2.92. The second kappa shape index (κ2) is 15.6. The van der Waals surface area contributed by atoms with Gasteiger partial charge < -0.3 is 10.2 Å². The molecule has 3 aromatic carbocycles. The summed E-state index contributed by atoms with van der Waals surface area (Å²) in [4.78, 5) is 29.0. The predicted octanol–water partition coefficient (Wildman–Crippen LogP) is 6.57. The third kappa shape index (κ3) is 10.4. The van der Waals surface area contributed by atoms with Crippen molar-refractivity contribution in [3.05, 3.63) is 100 Å². The Morgan fingerprint density at radius 3 is 2.23 bits per heavy atom. The van der Waals surface area contributed by atoms with E-state index in [-0.39, 0.29) is 55.9 Å². The number of carbonyl (C=O) groups excluding carboxylic acids is 2. The molecule has 0 saturated carbocycles. The van der Waals surface area contributed by atoms with Crippen molar-refractivity contribution >= 4 is 43.5 Å². The summed E-state index contributed by atoms with van der Waals surface area (Å²) in [6, 6.07) is 19.8. The highest BCUT2D eigenvalue weighted by atomic mass is 79.9. The SMILES string of the molecule is CC[C@@H](C)NC(=O)[C@H](Cc1ccccc1)N(Cc1cccc(Br)c1)C(=O)CCCN(c1cccc(C(F)(F)F)c1)S(C)(=O)=O. The van der Waals surface area contributed by atoms with Crippen LogP contribution in [0.2, 0.25) is 0 Å². The Labute approximate surface area is 265 Å². The molecule has 0 aliphatic rings. The van der Waals surface area contributed by atoms with Gasteiger partial charge in [-0.1, -0.05) is 71.4 Å². The Kier molecular flexibility index (Phi) is 12.4. The second-order valence-electron chi connectivity index (χ2n) is 10.7. The van der Waals surface area contributed by atoms with Crippen LogP contribution in [0, 0.1) is 0 Å². The first-order valence-electron chi connectivity index (χ1n) is 14.2. The number of nitrogens with one attached hydrogen (secondary N) is 1. The summed E-state index contributed by atoms with van der Waals surface area (Å²) in [5.41, 5.74) is 0.521. The van der Waals surface area contributed by atoms with Gasteiger partial charge in [0.05, 0.1) is 17.5 Å². The van der Waals surface area contributed by atoms with Crippen LogP contribution in [0.25, 0.3) is 0 Å². The zero-order valence-electron chi connectivity index (χ0n) is 24.9. The van der Waals surface area contributed by atoms with E-state index in [0.717, 1.165) is 44.4 Å². The highest BCUT2D eigenvalue weighted by molar-refractivity contribution is 9.10. The Morgan fingerprint density at radius 1 is 0.955 bits per heavy atom. The largest absolute Gasteiger partial charge is 0.416 e. The fourth-order valence-corrected chi connectivity index (χ4v) is 6.07. The number of halogens is 4. The van der Waals surface area contributed by atoms with E-state index in [0.29, 0.717) is 6.42 Å². The molecule has 0 spiro atoms. The van der Waals surface area contributed by atoms with E-state index in [2.05, 4.69) is 21.2 Å². The van der Waals surface area contributed by atoms with Crippen molar-refractivity contribution in [3.8, 4) is 0 Å². The smallest absolute Gasteiger partial charge is 0.352 e. The molecule has 44 heavy (non-hydrogen) atoms. The predicted molar refractivity (Wildman–Crippen MR) is 169 cm³/mol. The van der Waals surface area contributed by atoms with Crippen LogP contribution in [0.5, 0.6) is 0 Å². The first-order chi connectivity index (χ1) is 20.7. The number of anilines is 1. The average molecular weight is 697 g/mol. The molecule has 0 bridgehead atoms. The zero-order chi connectivity index (χ0) is 32.5. The Hall–Kier alpha value is -3.38. The van der Waals surface area contributed by atoms with E-state index in [1.165, 1.54) is 11.0 Å². The van der Waals surface area contributed by atoms with E-state index in [1.807, 2.05) is 68.4 Å². The van der Waals surface area contributed by atoms with Crippen molar-refractivity contribution in [2.75, 3.05) is 17.1 Å². The molecular weight excluding hydrogens is 659 g/mol. The first kappa shape index (κ1) is 35.1. The fraction of sp³-hybridized carbons (Fsp3) is 0.375. The molecule has 2 amide bonds. The van der Waals surface area contributed by atoms with Gasteiger partial charge in [0.15, 0.2) is 0 Å². The Bertz CT molecular complexity index is 1520. The summed E-state index contributed by atoms with van der Waals surface area (Å²) >= 11 is 3.45. The number of rotatable bonds is 14. The molecule has 0 radical (unpaired) electrons. The standard InChI is InChI=1S/C32H37BrF3N3O4S/c1-4-23(2)37-31(41)29(20-24-11-6-5-7-12-24)38(22-25-13-8-15-27(33)19-25)30(40)17-10-18-39(44(3,42)43)28-16-9-14-26(21-28)32(34,35)36/h5-9,11-16,19,21,23,29H,4,10,17-18,20,22H2,1-3H3,(H,37,41)/t23-,29+/m1/s1. The van der Waals surface area contributed by atoms with Crippen LogP contribution in [0.1, 0.15) is 49.8 Å². The van der Waals surface area contributed by atoms with Crippen molar-refractivity contribution in [2.45, 2.75) is 64.3 Å². The van der Waals surface area contributed by atoms with Gasteiger partial charge in [0.2, 0.25) is 21.8 Å². The third-order valence-electron chi connectivity index (χ3n) is 7.13. The molecule has 12 heteroatoms. The number of nitrogens with zero attached hydrogens (tertiary/aromatic N) is 2. The minimum Gasteiger partial charge on any atom is -0.352 e. The maximum absolute atomic E-state index is 13.9. The van der Waals surface area contributed by atoms with Crippen LogP contribution < -0.4 is 9.62 Å². The highest BCUT2D eigenvalue weighted by Gasteiger charge is 2.33. The summed E-state index contributed by atoms with van der Waals surface area (Å²) in [7, 11) is -3.97. The third-order valence-corrected chi connectivity index (χ3v) is 8.82. The van der Waals surface area contributed by atoms with Crippen LogP contribution in [0.3, 0.4) is 0 Å². The summed E-state index contributed by atoms with van der Waals surface area (Å²) in [5.74, 6) is -0.698. The molecule has 2 atom stereocenters. The normalized spacial score (nSPS) is 13.2. The molecule has 0 aliphatic heterocycles. The Balaban J connectivity index is 1.91. The molecule has 7 nitrogen and oxygen atoms in total. The van der Waals surface area contributed by atoms with Gasteiger partial charge in [-0.15, -0.1) is 0 Å². The van der Waals surface area contributed by atoms with E-state index in [1.54, 1.807) is 0 Å². The molecule has 238 valence electrons. The first-order valence-corrected chi connectivity index (χ1v) is 16.9. The molecule has 0 unspecified atom stereocenters. The maximum atomic E-state index is 13.9.